The van der Waals surface area contributed by atoms with Gasteiger partial charge >= 0.3 is 0 Å². The van der Waals surface area contributed by atoms with Crippen LogP contribution < -0.4 is 11.1 Å². The van der Waals surface area contributed by atoms with Crippen molar-refractivity contribution in [3.63, 3.8) is 0 Å². The van der Waals surface area contributed by atoms with Gasteiger partial charge in [0.15, 0.2) is 0 Å². The molecule has 2 rings (SSSR count). The Balaban J connectivity index is 2.18. The molecular weight excluding hydrogens is 264 g/mol. The molecule has 1 aliphatic heterocycles. The van der Waals surface area contributed by atoms with Gasteiger partial charge in [0.25, 0.3) is 0 Å². The third-order valence-electron chi connectivity index (χ3n) is 3.31. The van der Waals surface area contributed by atoms with E-state index in [2.05, 4.69) is 25.2 Å². The molecule has 0 spiro atoms. The molecule has 100 valence electrons. The number of halogens is 1. The van der Waals surface area contributed by atoms with Gasteiger partial charge in [-0.15, -0.1) is 0 Å². The summed E-state index contributed by atoms with van der Waals surface area (Å²) in [4.78, 5) is 0. The smallest absolute Gasteiger partial charge is 0.0591 e. The molecule has 4 heteroatoms. The first-order chi connectivity index (χ1) is 8.45. The maximum absolute atomic E-state index is 6.04. The van der Waals surface area contributed by atoms with Crippen molar-refractivity contribution in [2.75, 3.05) is 23.4 Å². The zero-order valence-corrected chi connectivity index (χ0v) is 12.6. The zero-order chi connectivity index (χ0) is 13.2. The highest BCUT2D eigenvalue weighted by atomic mass is 35.5. The summed E-state index contributed by atoms with van der Waals surface area (Å²) in [6.45, 7) is 5.27. The summed E-state index contributed by atoms with van der Waals surface area (Å²) in [5, 5.41) is 4.37. The highest BCUT2D eigenvalue weighted by Crippen LogP contribution is 2.40. The number of benzene rings is 1. The molecule has 1 saturated heterocycles. The lowest BCUT2D eigenvalue weighted by atomic mass is 9.79. The number of thioether (sulfide) groups is 1. The van der Waals surface area contributed by atoms with Gasteiger partial charge in [0.2, 0.25) is 0 Å². The first-order valence-corrected chi connectivity index (χ1v) is 7.80. The lowest BCUT2D eigenvalue weighted by Crippen LogP contribution is -2.53. The molecule has 0 aliphatic carbocycles. The van der Waals surface area contributed by atoms with Crippen LogP contribution in [0.4, 0.5) is 5.69 Å². The van der Waals surface area contributed by atoms with Gasteiger partial charge in [-0.2, -0.15) is 11.8 Å². The standard InChI is InChI=1S/C14H21ClN2S/c1-13(2)7-14(8-16,10-18-9-13)17-12-5-3-4-11(15)6-12/h3-6,17H,7-10,16H2,1-2H3. The van der Waals surface area contributed by atoms with E-state index in [0.29, 0.717) is 12.0 Å². The number of hydrogen-bond acceptors (Lipinski definition) is 3. The van der Waals surface area contributed by atoms with Crippen LogP contribution in [0.2, 0.25) is 5.02 Å². The van der Waals surface area contributed by atoms with E-state index in [-0.39, 0.29) is 5.54 Å². The Labute approximate surface area is 119 Å². The Morgan fingerprint density at radius 2 is 2.17 bits per heavy atom. The van der Waals surface area contributed by atoms with Gasteiger partial charge in [-0.3, -0.25) is 0 Å². The lowest BCUT2D eigenvalue weighted by Gasteiger charge is -2.45. The van der Waals surface area contributed by atoms with Crippen LogP contribution in [0.25, 0.3) is 0 Å². The second kappa shape index (κ2) is 5.32. The predicted octanol–water partition coefficient (Wildman–Crippen LogP) is 3.61. The summed E-state index contributed by atoms with van der Waals surface area (Å²) in [6, 6.07) is 7.87. The molecular formula is C14H21ClN2S. The average molecular weight is 285 g/mol. The van der Waals surface area contributed by atoms with E-state index in [1.54, 1.807) is 0 Å². The third kappa shape index (κ3) is 3.34. The average Bonchev–Trinajstić information content (AvgIpc) is 2.27. The van der Waals surface area contributed by atoms with Gasteiger partial charge in [0.1, 0.15) is 0 Å². The topological polar surface area (TPSA) is 38.0 Å². The summed E-state index contributed by atoms with van der Waals surface area (Å²) >= 11 is 8.01. The van der Waals surface area contributed by atoms with Crippen LogP contribution in [0.15, 0.2) is 24.3 Å². The predicted molar refractivity (Wildman–Crippen MR) is 82.6 cm³/mol. The van der Waals surface area contributed by atoms with Crippen molar-refractivity contribution in [2.45, 2.75) is 25.8 Å². The van der Waals surface area contributed by atoms with Crippen molar-refractivity contribution in [3.8, 4) is 0 Å². The number of anilines is 1. The molecule has 18 heavy (non-hydrogen) atoms. The molecule has 0 saturated carbocycles. The van der Waals surface area contributed by atoms with Crippen LogP contribution in [0.3, 0.4) is 0 Å². The largest absolute Gasteiger partial charge is 0.377 e. The number of rotatable bonds is 3. The fourth-order valence-electron chi connectivity index (χ4n) is 2.68. The molecule has 2 nitrogen and oxygen atoms in total. The van der Waals surface area contributed by atoms with Crippen LogP contribution >= 0.6 is 23.4 Å². The van der Waals surface area contributed by atoms with E-state index in [4.69, 9.17) is 17.3 Å². The highest BCUT2D eigenvalue weighted by Gasteiger charge is 2.39. The molecule has 1 aromatic carbocycles. The quantitative estimate of drug-likeness (QED) is 0.890. The van der Waals surface area contributed by atoms with Crippen LogP contribution in [-0.4, -0.2) is 23.6 Å². The molecule has 0 amide bonds. The Hall–Kier alpha value is -0.380. The fraction of sp³-hybridized carbons (Fsp3) is 0.571. The van der Waals surface area contributed by atoms with Crippen LogP contribution in [0.5, 0.6) is 0 Å². The monoisotopic (exact) mass is 284 g/mol. The molecule has 1 aliphatic rings. The number of nitrogens with two attached hydrogens (primary N) is 1. The maximum Gasteiger partial charge on any atom is 0.0591 e. The summed E-state index contributed by atoms with van der Waals surface area (Å²) in [5.41, 5.74) is 7.41. The van der Waals surface area contributed by atoms with Gasteiger partial charge in [0, 0.05) is 23.0 Å². The lowest BCUT2D eigenvalue weighted by molar-refractivity contribution is 0.290. The molecule has 0 aromatic heterocycles. The van der Waals surface area contributed by atoms with E-state index in [1.165, 1.54) is 5.75 Å². The SMILES string of the molecule is CC1(C)CSCC(CN)(Nc2cccc(Cl)c2)C1. The molecule has 1 fully saturated rings. The van der Waals surface area contributed by atoms with E-state index in [0.717, 1.165) is 22.9 Å². The Morgan fingerprint density at radius 1 is 1.39 bits per heavy atom. The van der Waals surface area contributed by atoms with Crippen molar-refractivity contribution in [2.24, 2.45) is 11.1 Å². The van der Waals surface area contributed by atoms with Crippen LogP contribution in [-0.2, 0) is 0 Å². The molecule has 0 bridgehead atoms. The number of hydrogen-bond donors (Lipinski definition) is 2. The van der Waals surface area contributed by atoms with Crippen molar-refractivity contribution in [3.05, 3.63) is 29.3 Å². The van der Waals surface area contributed by atoms with E-state index in [9.17, 15) is 0 Å². The maximum atomic E-state index is 6.04. The van der Waals surface area contributed by atoms with Crippen molar-refractivity contribution < 1.29 is 0 Å². The van der Waals surface area contributed by atoms with Crippen molar-refractivity contribution in [1.29, 1.82) is 0 Å². The normalized spacial score (nSPS) is 26.9. The minimum absolute atomic E-state index is 0.0168. The zero-order valence-electron chi connectivity index (χ0n) is 11.0. The van der Waals surface area contributed by atoms with Crippen molar-refractivity contribution >= 4 is 29.1 Å². The van der Waals surface area contributed by atoms with Crippen LogP contribution in [0.1, 0.15) is 20.3 Å². The molecule has 1 heterocycles. The summed E-state index contributed by atoms with van der Waals surface area (Å²) in [5.74, 6) is 2.26. The third-order valence-corrected chi connectivity index (χ3v) is 5.29. The Bertz CT molecular complexity index is 422. The first kappa shape index (κ1) is 14.0. The Kier molecular flexibility index (Phi) is 4.15. The van der Waals surface area contributed by atoms with Crippen molar-refractivity contribution in [1.82, 2.24) is 0 Å². The second-order valence-corrected chi connectivity index (χ2v) is 7.38. The fourth-order valence-corrected chi connectivity index (χ4v) is 4.31. The molecule has 1 aromatic rings. The van der Waals surface area contributed by atoms with E-state index >= 15 is 0 Å². The van der Waals surface area contributed by atoms with Gasteiger partial charge in [-0.05, 0) is 35.8 Å². The van der Waals surface area contributed by atoms with Gasteiger partial charge in [0.05, 0.1) is 5.54 Å². The molecule has 0 radical (unpaired) electrons. The minimum atomic E-state index is -0.0168. The first-order valence-electron chi connectivity index (χ1n) is 6.26. The number of nitrogens with one attached hydrogen (secondary N) is 1. The van der Waals surface area contributed by atoms with Gasteiger partial charge < -0.3 is 11.1 Å². The van der Waals surface area contributed by atoms with Crippen LogP contribution in [0, 0.1) is 5.41 Å². The Morgan fingerprint density at radius 3 is 2.78 bits per heavy atom. The summed E-state index contributed by atoms with van der Waals surface area (Å²) in [6.07, 6.45) is 1.09. The van der Waals surface area contributed by atoms with Gasteiger partial charge in [-0.1, -0.05) is 31.5 Å². The summed E-state index contributed by atoms with van der Waals surface area (Å²) < 4.78 is 0. The van der Waals surface area contributed by atoms with E-state index in [1.807, 2.05) is 30.0 Å². The molecule has 3 N–H and O–H groups in total. The van der Waals surface area contributed by atoms with Gasteiger partial charge in [-0.25, -0.2) is 0 Å². The molecule has 1 unspecified atom stereocenters. The van der Waals surface area contributed by atoms with E-state index < -0.39 is 0 Å². The molecule has 1 atom stereocenters. The summed E-state index contributed by atoms with van der Waals surface area (Å²) in [7, 11) is 0. The highest BCUT2D eigenvalue weighted by molar-refractivity contribution is 7.99. The second-order valence-electron chi connectivity index (χ2n) is 5.95. The minimum Gasteiger partial charge on any atom is -0.377 e.